The standard InChI is InChI=1S/C19H31N/c1-4-13-19(3,5-2)16-20-14-11-18(12-15-20)17-9-7-6-8-10-17/h6-10,18H,4-5,11-16H2,1-3H3. The monoisotopic (exact) mass is 273 g/mol. The van der Waals surface area contributed by atoms with Crippen LogP contribution in [0.5, 0.6) is 0 Å². The summed E-state index contributed by atoms with van der Waals surface area (Å²) >= 11 is 0. The summed E-state index contributed by atoms with van der Waals surface area (Å²) in [6, 6.07) is 11.1. The fraction of sp³-hybridized carbons (Fsp3) is 0.684. The van der Waals surface area contributed by atoms with E-state index >= 15 is 0 Å². The van der Waals surface area contributed by atoms with Crippen LogP contribution >= 0.6 is 0 Å². The molecule has 20 heavy (non-hydrogen) atoms. The molecule has 1 aromatic rings. The van der Waals surface area contributed by atoms with Gasteiger partial charge in [0.05, 0.1) is 0 Å². The lowest BCUT2D eigenvalue weighted by Gasteiger charge is -2.39. The summed E-state index contributed by atoms with van der Waals surface area (Å²) in [4.78, 5) is 2.71. The number of hydrogen-bond acceptors (Lipinski definition) is 1. The van der Waals surface area contributed by atoms with E-state index < -0.39 is 0 Å². The van der Waals surface area contributed by atoms with Crippen LogP contribution < -0.4 is 0 Å². The highest BCUT2D eigenvalue weighted by atomic mass is 15.1. The molecular weight excluding hydrogens is 242 g/mol. The van der Waals surface area contributed by atoms with Crippen LogP contribution in [0.4, 0.5) is 0 Å². The van der Waals surface area contributed by atoms with E-state index in [9.17, 15) is 0 Å². The molecule has 0 saturated carbocycles. The molecule has 1 aromatic carbocycles. The van der Waals surface area contributed by atoms with Gasteiger partial charge in [-0.1, -0.05) is 57.5 Å². The molecule has 1 aliphatic rings. The first-order valence-corrected chi connectivity index (χ1v) is 8.44. The Bertz CT molecular complexity index is 378. The number of hydrogen-bond donors (Lipinski definition) is 0. The second-order valence-corrected chi connectivity index (χ2v) is 6.88. The average molecular weight is 273 g/mol. The number of nitrogens with zero attached hydrogens (tertiary/aromatic N) is 1. The Hall–Kier alpha value is -0.820. The van der Waals surface area contributed by atoms with Crippen molar-refractivity contribution in [2.24, 2.45) is 5.41 Å². The Morgan fingerprint density at radius 2 is 1.75 bits per heavy atom. The zero-order valence-electron chi connectivity index (χ0n) is 13.6. The van der Waals surface area contributed by atoms with Gasteiger partial charge in [0.25, 0.3) is 0 Å². The van der Waals surface area contributed by atoms with Crippen LogP contribution in [0.15, 0.2) is 30.3 Å². The molecule has 1 heterocycles. The van der Waals surface area contributed by atoms with Gasteiger partial charge in [-0.15, -0.1) is 0 Å². The Kier molecular flexibility index (Phi) is 5.65. The number of rotatable bonds is 6. The van der Waals surface area contributed by atoms with E-state index in [1.807, 2.05) is 0 Å². The van der Waals surface area contributed by atoms with Crippen molar-refractivity contribution in [2.75, 3.05) is 19.6 Å². The summed E-state index contributed by atoms with van der Waals surface area (Å²) in [5.41, 5.74) is 2.06. The Balaban J connectivity index is 1.85. The maximum absolute atomic E-state index is 2.71. The van der Waals surface area contributed by atoms with Crippen molar-refractivity contribution in [2.45, 2.75) is 58.8 Å². The molecule has 0 spiro atoms. The smallest absolute Gasteiger partial charge is 0.00352 e. The summed E-state index contributed by atoms with van der Waals surface area (Å²) < 4.78 is 0. The van der Waals surface area contributed by atoms with Gasteiger partial charge >= 0.3 is 0 Å². The number of piperidine rings is 1. The maximum atomic E-state index is 2.71. The van der Waals surface area contributed by atoms with Crippen molar-refractivity contribution in [3.05, 3.63) is 35.9 Å². The van der Waals surface area contributed by atoms with Crippen molar-refractivity contribution in [1.29, 1.82) is 0 Å². The van der Waals surface area contributed by atoms with Gasteiger partial charge in [0.1, 0.15) is 0 Å². The number of likely N-dealkylation sites (tertiary alicyclic amines) is 1. The highest BCUT2D eigenvalue weighted by molar-refractivity contribution is 5.20. The van der Waals surface area contributed by atoms with Gasteiger partial charge in [-0.25, -0.2) is 0 Å². The highest BCUT2D eigenvalue weighted by Gasteiger charge is 2.27. The lowest BCUT2D eigenvalue weighted by Crippen LogP contribution is -2.40. The molecule has 0 N–H and O–H groups in total. The molecule has 1 saturated heterocycles. The van der Waals surface area contributed by atoms with Crippen LogP contribution in [0, 0.1) is 5.41 Å². The van der Waals surface area contributed by atoms with E-state index in [2.05, 4.69) is 56.0 Å². The van der Waals surface area contributed by atoms with E-state index in [1.54, 1.807) is 5.56 Å². The SMILES string of the molecule is CCCC(C)(CC)CN1CCC(c2ccccc2)CC1. The summed E-state index contributed by atoms with van der Waals surface area (Å²) in [7, 11) is 0. The predicted octanol–water partition coefficient (Wildman–Crippen LogP) is 5.08. The van der Waals surface area contributed by atoms with Crippen molar-refractivity contribution in [1.82, 2.24) is 4.90 Å². The van der Waals surface area contributed by atoms with Crippen molar-refractivity contribution >= 4 is 0 Å². The van der Waals surface area contributed by atoms with E-state index in [-0.39, 0.29) is 0 Å². The molecule has 2 rings (SSSR count). The third-order valence-electron chi connectivity index (χ3n) is 5.17. The molecule has 0 radical (unpaired) electrons. The molecule has 1 atom stereocenters. The van der Waals surface area contributed by atoms with Crippen LogP contribution in [0.3, 0.4) is 0 Å². The van der Waals surface area contributed by atoms with Crippen LogP contribution in [0.25, 0.3) is 0 Å². The van der Waals surface area contributed by atoms with Gasteiger partial charge in [-0.3, -0.25) is 0 Å². The second-order valence-electron chi connectivity index (χ2n) is 6.88. The summed E-state index contributed by atoms with van der Waals surface area (Å²) in [5, 5.41) is 0. The van der Waals surface area contributed by atoms with Gasteiger partial charge in [0.2, 0.25) is 0 Å². The first kappa shape index (κ1) is 15.6. The molecule has 0 aromatic heterocycles. The van der Waals surface area contributed by atoms with Gasteiger partial charge in [0.15, 0.2) is 0 Å². The zero-order chi connectivity index (χ0) is 14.4. The summed E-state index contributed by atoms with van der Waals surface area (Å²) in [6.45, 7) is 11.0. The fourth-order valence-electron chi connectivity index (χ4n) is 3.66. The minimum Gasteiger partial charge on any atom is -0.303 e. The predicted molar refractivity (Wildman–Crippen MR) is 88.2 cm³/mol. The normalized spacial score (nSPS) is 20.8. The molecule has 1 heteroatoms. The summed E-state index contributed by atoms with van der Waals surface area (Å²) in [6.07, 6.45) is 6.64. The Morgan fingerprint density at radius 1 is 1.10 bits per heavy atom. The average Bonchev–Trinajstić information content (AvgIpc) is 2.49. The summed E-state index contributed by atoms with van der Waals surface area (Å²) in [5.74, 6) is 0.784. The van der Waals surface area contributed by atoms with Crippen LogP contribution in [0.1, 0.15) is 64.4 Å². The highest BCUT2D eigenvalue weighted by Crippen LogP contribution is 2.32. The van der Waals surface area contributed by atoms with E-state index in [0.29, 0.717) is 5.41 Å². The molecule has 1 fully saturated rings. The first-order chi connectivity index (χ1) is 9.67. The van der Waals surface area contributed by atoms with Crippen LogP contribution in [-0.2, 0) is 0 Å². The fourth-order valence-corrected chi connectivity index (χ4v) is 3.66. The molecule has 0 aliphatic carbocycles. The molecule has 1 nitrogen and oxygen atoms in total. The minimum atomic E-state index is 0.522. The Morgan fingerprint density at radius 3 is 2.30 bits per heavy atom. The van der Waals surface area contributed by atoms with Crippen molar-refractivity contribution in [3.63, 3.8) is 0 Å². The van der Waals surface area contributed by atoms with Crippen LogP contribution in [-0.4, -0.2) is 24.5 Å². The maximum Gasteiger partial charge on any atom is 0.00352 e. The minimum absolute atomic E-state index is 0.522. The zero-order valence-corrected chi connectivity index (χ0v) is 13.6. The molecule has 1 unspecified atom stereocenters. The first-order valence-electron chi connectivity index (χ1n) is 8.44. The van der Waals surface area contributed by atoms with Crippen molar-refractivity contribution in [3.8, 4) is 0 Å². The third kappa shape index (κ3) is 4.09. The molecular formula is C19H31N. The Labute approximate surface area is 125 Å². The third-order valence-corrected chi connectivity index (χ3v) is 5.17. The van der Waals surface area contributed by atoms with Gasteiger partial charge < -0.3 is 4.90 Å². The van der Waals surface area contributed by atoms with Crippen LogP contribution in [0.2, 0.25) is 0 Å². The molecule has 0 bridgehead atoms. The molecule has 1 aliphatic heterocycles. The largest absolute Gasteiger partial charge is 0.303 e. The quantitative estimate of drug-likeness (QED) is 0.698. The van der Waals surface area contributed by atoms with Gasteiger partial charge in [-0.2, -0.15) is 0 Å². The van der Waals surface area contributed by atoms with E-state index in [0.717, 1.165) is 5.92 Å². The molecule has 0 amide bonds. The van der Waals surface area contributed by atoms with Crippen molar-refractivity contribution < 1.29 is 0 Å². The number of benzene rings is 1. The second kappa shape index (κ2) is 7.26. The van der Waals surface area contributed by atoms with Gasteiger partial charge in [0, 0.05) is 6.54 Å². The van der Waals surface area contributed by atoms with E-state index in [4.69, 9.17) is 0 Å². The topological polar surface area (TPSA) is 3.24 Å². The lowest BCUT2D eigenvalue weighted by atomic mass is 9.81. The molecule has 112 valence electrons. The van der Waals surface area contributed by atoms with Gasteiger partial charge in [-0.05, 0) is 55.7 Å². The van der Waals surface area contributed by atoms with E-state index in [1.165, 1.54) is 51.7 Å². The lowest BCUT2D eigenvalue weighted by molar-refractivity contribution is 0.122.